The molecule has 6 nitrogen and oxygen atoms in total. The fraction of sp³-hybridized carbons (Fsp3) is 0.500. The number of non-ortho nitro benzene ring substituents is 1. The van der Waals surface area contributed by atoms with E-state index in [1.54, 1.807) is 40.7 Å². The Balaban J connectivity index is 3.19. The quantitative estimate of drug-likeness (QED) is 0.482. The predicted molar refractivity (Wildman–Crippen MR) is 81.3 cm³/mol. The molecule has 0 radical (unpaired) electrons. The molecule has 0 bridgehead atoms. The van der Waals surface area contributed by atoms with Gasteiger partial charge in [0.1, 0.15) is 5.60 Å². The highest BCUT2D eigenvalue weighted by Crippen LogP contribution is 2.33. The summed E-state index contributed by atoms with van der Waals surface area (Å²) in [6.07, 6.45) is -0.164. The highest BCUT2D eigenvalue weighted by Gasteiger charge is 2.34. The zero-order chi connectivity index (χ0) is 17.1. The Hall–Kier alpha value is -2.42. The van der Waals surface area contributed by atoms with Gasteiger partial charge in [0.05, 0.1) is 22.8 Å². The summed E-state index contributed by atoms with van der Waals surface area (Å²) in [5.41, 5.74) is -0.747. The fourth-order valence-electron chi connectivity index (χ4n) is 2.18. The smallest absolute Gasteiger partial charge is 0.308 e. The van der Waals surface area contributed by atoms with Crippen molar-refractivity contribution in [3.05, 3.63) is 39.4 Å². The van der Waals surface area contributed by atoms with Gasteiger partial charge in [-0.1, -0.05) is 6.07 Å². The summed E-state index contributed by atoms with van der Waals surface area (Å²) in [6.45, 7) is 8.57. The van der Waals surface area contributed by atoms with Crippen molar-refractivity contribution < 1.29 is 14.5 Å². The molecule has 22 heavy (non-hydrogen) atoms. The molecule has 0 fully saturated rings. The van der Waals surface area contributed by atoms with E-state index in [0.29, 0.717) is 5.56 Å². The van der Waals surface area contributed by atoms with Gasteiger partial charge in [0.25, 0.3) is 5.69 Å². The van der Waals surface area contributed by atoms with Crippen LogP contribution < -0.4 is 0 Å². The molecule has 1 atom stereocenters. The molecule has 0 saturated heterocycles. The molecule has 0 spiro atoms. The van der Waals surface area contributed by atoms with E-state index in [1.165, 1.54) is 12.1 Å². The first-order chi connectivity index (χ1) is 9.98. The van der Waals surface area contributed by atoms with Gasteiger partial charge < -0.3 is 4.74 Å². The molecule has 0 saturated carbocycles. The second-order valence-electron chi connectivity index (χ2n) is 6.46. The Bertz CT molecular complexity index is 641. The van der Waals surface area contributed by atoms with Crippen molar-refractivity contribution in [2.45, 2.75) is 52.1 Å². The van der Waals surface area contributed by atoms with Crippen LogP contribution in [0.2, 0.25) is 0 Å². The van der Waals surface area contributed by atoms with Crippen molar-refractivity contribution in [1.29, 1.82) is 5.26 Å². The summed E-state index contributed by atoms with van der Waals surface area (Å²) in [4.78, 5) is 22.4. The lowest BCUT2D eigenvalue weighted by atomic mass is 9.78. The molecule has 0 heterocycles. The number of nitrogens with zero attached hydrogens (tertiary/aromatic N) is 2. The van der Waals surface area contributed by atoms with Gasteiger partial charge in [0.15, 0.2) is 0 Å². The number of carbonyl (C=O) groups excluding carboxylic acids is 1. The second kappa shape index (κ2) is 6.14. The van der Waals surface area contributed by atoms with Crippen molar-refractivity contribution in [1.82, 2.24) is 0 Å². The first kappa shape index (κ1) is 17.6. The molecule has 6 heteroatoms. The lowest BCUT2D eigenvalue weighted by Gasteiger charge is -2.26. The summed E-state index contributed by atoms with van der Waals surface area (Å²) in [7, 11) is 0. The summed E-state index contributed by atoms with van der Waals surface area (Å²) in [6, 6.07) is 6.41. The van der Waals surface area contributed by atoms with E-state index in [9.17, 15) is 20.2 Å². The van der Waals surface area contributed by atoms with E-state index in [-0.39, 0.29) is 12.1 Å². The Kier molecular flexibility index (Phi) is 4.92. The molecule has 1 rings (SSSR count). The summed E-state index contributed by atoms with van der Waals surface area (Å²) in [5.74, 6) is -0.512. The number of benzene rings is 1. The van der Waals surface area contributed by atoms with Crippen molar-refractivity contribution in [2.24, 2.45) is 0 Å². The molecule has 0 amide bonds. The van der Waals surface area contributed by atoms with Gasteiger partial charge in [0, 0.05) is 12.1 Å². The van der Waals surface area contributed by atoms with Crippen LogP contribution in [0, 0.1) is 28.4 Å². The van der Waals surface area contributed by atoms with Crippen LogP contribution in [0.3, 0.4) is 0 Å². The average molecular weight is 304 g/mol. The molecule has 0 aromatic heterocycles. The SMILES string of the molecule is Cc1ccc([N+](=O)[O-])cc1C(C)(C#N)CC(=O)OC(C)(C)C. The first-order valence-electron chi connectivity index (χ1n) is 6.87. The van der Waals surface area contributed by atoms with Gasteiger partial charge in [-0.15, -0.1) is 0 Å². The Morgan fingerprint density at radius 2 is 1.95 bits per heavy atom. The molecule has 118 valence electrons. The maximum Gasteiger partial charge on any atom is 0.308 e. The zero-order valence-electron chi connectivity index (χ0n) is 13.5. The van der Waals surface area contributed by atoms with Gasteiger partial charge in [-0.2, -0.15) is 5.26 Å². The number of aryl methyl sites for hydroxylation is 1. The van der Waals surface area contributed by atoms with E-state index >= 15 is 0 Å². The molecule has 1 unspecified atom stereocenters. The van der Waals surface area contributed by atoms with E-state index in [4.69, 9.17) is 4.74 Å². The maximum atomic E-state index is 12.0. The van der Waals surface area contributed by atoms with Crippen molar-refractivity contribution >= 4 is 11.7 Å². The molecular weight excluding hydrogens is 284 g/mol. The normalized spacial score (nSPS) is 13.8. The van der Waals surface area contributed by atoms with Crippen LogP contribution in [-0.2, 0) is 14.9 Å². The minimum absolute atomic E-state index is 0.105. The molecule has 0 aliphatic rings. The fourth-order valence-corrected chi connectivity index (χ4v) is 2.18. The van der Waals surface area contributed by atoms with E-state index in [2.05, 4.69) is 6.07 Å². The van der Waals surface area contributed by atoms with Crippen LogP contribution >= 0.6 is 0 Å². The first-order valence-corrected chi connectivity index (χ1v) is 6.87. The summed E-state index contributed by atoms with van der Waals surface area (Å²) < 4.78 is 5.25. The number of esters is 1. The number of nitro benzene ring substituents is 1. The van der Waals surface area contributed by atoms with Crippen LogP contribution in [0.15, 0.2) is 18.2 Å². The zero-order valence-corrected chi connectivity index (χ0v) is 13.5. The third kappa shape index (κ3) is 4.29. The van der Waals surface area contributed by atoms with E-state index in [0.717, 1.165) is 5.56 Å². The van der Waals surface area contributed by atoms with Crippen molar-refractivity contribution in [3.63, 3.8) is 0 Å². The van der Waals surface area contributed by atoms with Gasteiger partial charge in [-0.05, 0) is 45.7 Å². The van der Waals surface area contributed by atoms with Crippen LogP contribution in [0.4, 0.5) is 5.69 Å². The van der Waals surface area contributed by atoms with Crippen LogP contribution in [-0.4, -0.2) is 16.5 Å². The molecule has 0 aliphatic heterocycles. The third-order valence-electron chi connectivity index (χ3n) is 3.19. The second-order valence-corrected chi connectivity index (χ2v) is 6.46. The average Bonchev–Trinajstić information content (AvgIpc) is 2.36. The minimum Gasteiger partial charge on any atom is -0.460 e. The lowest BCUT2D eigenvalue weighted by Crippen LogP contribution is -2.31. The van der Waals surface area contributed by atoms with Gasteiger partial charge in [-0.25, -0.2) is 0 Å². The lowest BCUT2D eigenvalue weighted by molar-refractivity contribution is -0.385. The maximum absolute atomic E-state index is 12.0. The van der Waals surface area contributed by atoms with Gasteiger partial charge in [-0.3, -0.25) is 14.9 Å². The highest BCUT2D eigenvalue weighted by molar-refractivity contribution is 5.73. The van der Waals surface area contributed by atoms with Crippen molar-refractivity contribution in [2.75, 3.05) is 0 Å². The molecule has 1 aromatic carbocycles. The molecule has 1 aromatic rings. The Morgan fingerprint density at radius 3 is 2.41 bits per heavy atom. The summed E-state index contributed by atoms with van der Waals surface area (Å²) in [5, 5.41) is 20.4. The number of hydrogen-bond donors (Lipinski definition) is 0. The standard InChI is InChI=1S/C16H20N2O4/c1-11-6-7-12(18(20)21)8-13(11)16(5,10-17)9-14(19)22-15(2,3)4/h6-8H,9H2,1-5H3. The number of nitro groups is 1. The number of rotatable bonds is 4. The highest BCUT2D eigenvalue weighted by atomic mass is 16.6. The van der Waals surface area contributed by atoms with Crippen molar-refractivity contribution in [3.8, 4) is 6.07 Å². The number of nitriles is 1. The Morgan fingerprint density at radius 1 is 1.36 bits per heavy atom. The minimum atomic E-state index is -1.18. The number of ether oxygens (including phenoxy) is 1. The van der Waals surface area contributed by atoms with E-state index in [1.807, 2.05) is 0 Å². The van der Waals surface area contributed by atoms with Gasteiger partial charge >= 0.3 is 5.97 Å². The largest absolute Gasteiger partial charge is 0.460 e. The number of hydrogen-bond acceptors (Lipinski definition) is 5. The van der Waals surface area contributed by atoms with Gasteiger partial charge in [0.2, 0.25) is 0 Å². The van der Waals surface area contributed by atoms with E-state index < -0.39 is 21.9 Å². The molecule has 0 aliphatic carbocycles. The predicted octanol–water partition coefficient (Wildman–Crippen LogP) is 3.42. The molecule has 0 N–H and O–H groups in total. The number of carbonyl (C=O) groups is 1. The third-order valence-corrected chi connectivity index (χ3v) is 3.19. The topological polar surface area (TPSA) is 93.2 Å². The van der Waals surface area contributed by atoms with Crippen LogP contribution in [0.1, 0.15) is 45.2 Å². The van der Waals surface area contributed by atoms with Crippen LogP contribution in [0.5, 0.6) is 0 Å². The monoisotopic (exact) mass is 304 g/mol. The summed E-state index contributed by atoms with van der Waals surface area (Å²) >= 11 is 0. The Labute approximate surface area is 129 Å². The van der Waals surface area contributed by atoms with Crippen LogP contribution in [0.25, 0.3) is 0 Å². The molecular formula is C16H20N2O4.